The first-order chi connectivity index (χ1) is 8.00. The summed E-state index contributed by atoms with van der Waals surface area (Å²) >= 11 is 1.54. The average molecular weight is 248 g/mol. The first-order valence-electron chi connectivity index (χ1n) is 5.34. The third kappa shape index (κ3) is 2.10. The van der Waals surface area contributed by atoms with Crippen LogP contribution >= 0.6 is 11.3 Å². The van der Waals surface area contributed by atoms with Crippen LogP contribution in [0.3, 0.4) is 0 Å². The zero-order valence-electron chi connectivity index (χ0n) is 10.0. The molecule has 0 aliphatic carbocycles. The number of benzene rings is 1. The summed E-state index contributed by atoms with van der Waals surface area (Å²) in [5.74, 6) is -0.462. The first kappa shape index (κ1) is 11.9. The summed E-state index contributed by atoms with van der Waals surface area (Å²) in [7, 11) is 1.98. The summed E-state index contributed by atoms with van der Waals surface area (Å²) in [6.45, 7) is 4.18. The third-order valence-corrected chi connectivity index (χ3v) is 3.77. The van der Waals surface area contributed by atoms with E-state index in [4.69, 9.17) is 5.73 Å². The molecule has 0 aliphatic heterocycles. The largest absolute Gasteiger partial charge is 0.366 e. The molecule has 89 valence electrons. The predicted octanol–water partition coefficient (Wildman–Crippen LogP) is 2.04. The summed E-state index contributed by atoms with van der Waals surface area (Å²) in [6.07, 6.45) is 0. The normalized spacial score (nSPS) is 11.1. The highest BCUT2D eigenvalue weighted by Crippen LogP contribution is 2.30. The molecule has 2 rings (SSSR count). The summed E-state index contributed by atoms with van der Waals surface area (Å²) < 4.78 is 0.934. The smallest absolute Gasteiger partial charge is 0.250 e. The number of hydrogen-bond acceptors (Lipinski definition) is 4. The molecule has 2 N–H and O–H groups in total. The highest BCUT2D eigenvalue weighted by Gasteiger charge is 2.15. The fourth-order valence-electron chi connectivity index (χ4n) is 1.44. The molecule has 17 heavy (non-hydrogen) atoms. The van der Waals surface area contributed by atoms with Crippen LogP contribution in [0, 0.1) is 6.07 Å². The van der Waals surface area contributed by atoms with E-state index in [1.807, 2.05) is 13.1 Å². The zero-order chi connectivity index (χ0) is 12.6. The minimum absolute atomic E-state index is 0.358. The lowest BCUT2D eigenvalue weighted by atomic mass is 10.2. The van der Waals surface area contributed by atoms with Gasteiger partial charge in [0.1, 0.15) is 0 Å². The minimum atomic E-state index is -0.462. The van der Waals surface area contributed by atoms with Gasteiger partial charge in [0.05, 0.1) is 15.8 Å². The zero-order valence-corrected chi connectivity index (χ0v) is 10.8. The number of nitrogens with zero attached hydrogens (tertiary/aromatic N) is 2. The van der Waals surface area contributed by atoms with Crippen molar-refractivity contribution >= 4 is 32.6 Å². The Kier molecular flexibility index (Phi) is 3.02. The summed E-state index contributed by atoms with van der Waals surface area (Å²) in [5, 5.41) is 0.886. The van der Waals surface area contributed by atoms with Crippen molar-refractivity contribution in [3.05, 3.63) is 23.8 Å². The Bertz CT molecular complexity index is 562. The Labute approximate surface area is 104 Å². The Morgan fingerprint density at radius 2 is 2.24 bits per heavy atom. The number of fused-ring (bicyclic) bond motifs is 1. The van der Waals surface area contributed by atoms with Crippen LogP contribution in [0.2, 0.25) is 0 Å². The number of hydrogen-bond donors (Lipinski definition) is 1. The molecule has 5 heteroatoms. The molecule has 1 aromatic heterocycles. The standard InChI is InChI=1S/C12H14N3OS/c1-7(2)15(3)12-14-10-8(11(13)16)5-4-6-9(10)17-12/h5-7H,1-3H3,(H2,13,16). The molecule has 0 unspecified atom stereocenters. The monoisotopic (exact) mass is 248 g/mol. The van der Waals surface area contributed by atoms with Gasteiger partial charge in [0.25, 0.3) is 5.91 Å². The van der Waals surface area contributed by atoms with Crippen LogP contribution in [0.25, 0.3) is 10.2 Å². The van der Waals surface area contributed by atoms with E-state index in [0.717, 1.165) is 9.83 Å². The number of thiazole rings is 1. The Morgan fingerprint density at radius 1 is 1.53 bits per heavy atom. The van der Waals surface area contributed by atoms with E-state index in [9.17, 15) is 4.79 Å². The van der Waals surface area contributed by atoms with Gasteiger partial charge >= 0.3 is 0 Å². The van der Waals surface area contributed by atoms with Crippen LogP contribution in [0.15, 0.2) is 12.1 Å². The molecule has 0 bridgehead atoms. The van der Waals surface area contributed by atoms with E-state index in [0.29, 0.717) is 17.1 Å². The van der Waals surface area contributed by atoms with Crippen LogP contribution in [0.5, 0.6) is 0 Å². The van der Waals surface area contributed by atoms with Gasteiger partial charge in [-0.25, -0.2) is 4.98 Å². The molecule has 1 aromatic carbocycles. The van der Waals surface area contributed by atoms with Crippen LogP contribution in [-0.2, 0) is 0 Å². The number of carbonyl (C=O) groups is 1. The third-order valence-electron chi connectivity index (χ3n) is 2.68. The average Bonchev–Trinajstić information content (AvgIpc) is 2.70. The molecule has 0 saturated carbocycles. The number of anilines is 1. The number of carbonyl (C=O) groups excluding carboxylic acids is 1. The molecule has 0 spiro atoms. The number of nitrogens with two attached hydrogens (primary N) is 1. The maximum atomic E-state index is 11.3. The van der Waals surface area contributed by atoms with Gasteiger partial charge in [-0.3, -0.25) is 4.79 Å². The van der Waals surface area contributed by atoms with Crippen LogP contribution in [0.4, 0.5) is 5.13 Å². The van der Waals surface area contributed by atoms with E-state index < -0.39 is 5.91 Å². The van der Waals surface area contributed by atoms with Crippen molar-refractivity contribution < 1.29 is 4.79 Å². The Hall–Kier alpha value is -1.62. The van der Waals surface area contributed by atoms with E-state index in [1.165, 1.54) is 0 Å². The molecule has 1 radical (unpaired) electrons. The quantitative estimate of drug-likeness (QED) is 0.904. The van der Waals surface area contributed by atoms with Crippen molar-refractivity contribution in [1.82, 2.24) is 4.98 Å². The van der Waals surface area contributed by atoms with Crippen LogP contribution in [0.1, 0.15) is 24.2 Å². The van der Waals surface area contributed by atoms with E-state index in [1.54, 1.807) is 17.4 Å². The highest BCUT2D eigenvalue weighted by molar-refractivity contribution is 7.22. The summed E-state index contributed by atoms with van der Waals surface area (Å²) in [4.78, 5) is 17.8. The van der Waals surface area contributed by atoms with Gasteiger partial charge in [-0.05, 0) is 32.0 Å². The lowest BCUT2D eigenvalue weighted by molar-refractivity contribution is 0.100. The van der Waals surface area contributed by atoms with Crippen LogP contribution in [-0.4, -0.2) is 24.0 Å². The van der Waals surface area contributed by atoms with Crippen molar-refractivity contribution in [2.45, 2.75) is 19.9 Å². The molecule has 0 atom stereocenters. The van der Waals surface area contributed by atoms with Gasteiger partial charge in [0, 0.05) is 13.1 Å². The molecule has 0 fully saturated rings. The van der Waals surface area contributed by atoms with Gasteiger partial charge in [-0.1, -0.05) is 11.3 Å². The van der Waals surface area contributed by atoms with Crippen molar-refractivity contribution in [2.24, 2.45) is 5.73 Å². The Morgan fingerprint density at radius 3 is 2.82 bits per heavy atom. The number of aromatic nitrogens is 1. The lowest BCUT2D eigenvalue weighted by Gasteiger charge is -2.19. The molecule has 0 aliphatic rings. The molecular weight excluding hydrogens is 234 g/mol. The number of rotatable bonds is 3. The van der Waals surface area contributed by atoms with E-state index >= 15 is 0 Å². The molecular formula is C12H14N3OS. The predicted molar refractivity (Wildman–Crippen MR) is 70.5 cm³/mol. The maximum Gasteiger partial charge on any atom is 0.250 e. The lowest BCUT2D eigenvalue weighted by Crippen LogP contribution is -2.25. The van der Waals surface area contributed by atoms with Crippen molar-refractivity contribution in [3.63, 3.8) is 0 Å². The van der Waals surface area contributed by atoms with Gasteiger partial charge in [0.2, 0.25) is 0 Å². The molecule has 1 heterocycles. The minimum Gasteiger partial charge on any atom is -0.366 e. The maximum absolute atomic E-state index is 11.3. The highest BCUT2D eigenvalue weighted by atomic mass is 32.1. The molecule has 4 nitrogen and oxygen atoms in total. The second kappa shape index (κ2) is 4.33. The fraction of sp³-hybridized carbons (Fsp3) is 0.333. The first-order valence-corrected chi connectivity index (χ1v) is 6.15. The van der Waals surface area contributed by atoms with Crippen molar-refractivity contribution in [2.75, 3.05) is 11.9 Å². The van der Waals surface area contributed by atoms with Gasteiger partial charge in [-0.2, -0.15) is 0 Å². The summed E-state index contributed by atoms with van der Waals surface area (Å²) in [5.41, 5.74) is 6.42. The topological polar surface area (TPSA) is 59.2 Å². The van der Waals surface area contributed by atoms with Crippen molar-refractivity contribution in [3.8, 4) is 0 Å². The van der Waals surface area contributed by atoms with E-state index in [-0.39, 0.29) is 0 Å². The number of amides is 1. The molecule has 1 amide bonds. The van der Waals surface area contributed by atoms with Gasteiger partial charge < -0.3 is 10.6 Å². The van der Waals surface area contributed by atoms with Crippen molar-refractivity contribution in [1.29, 1.82) is 0 Å². The van der Waals surface area contributed by atoms with Gasteiger partial charge in [-0.15, -0.1) is 0 Å². The SMILES string of the molecule is CC(C)N(C)c1nc2c(C(N)=O)c[c]cc2s1. The van der Waals surface area contributed by atoms with Crippen LogP contribution < -0.4 is 10.6 Å². The number of primary amides is 1. The molecule has 2 aromatic rings. The van der Waals surface area contributed by atoms with E-state index in [2.05, 4.69) is 29.8 Å². The Balaban J connectivity index is 2.57. The fourth-order valence-corrected chi connectivity index (χ4v) is 2.51. The second-order valence-corrected chi connectivity index (χ2v) is 5.16. The molecule has 0 saturated heterocycles. The second-order valence-electron chi connectivity index (χ2n) is 4.15. The van der Waals surface area contributed by atoms with Gasteiger partial charge in [0.15, 0.2) is 5.13 Å². The summed E-state index contributed by atoms with van der Waals surface area (Å²) in [6, 6.07) is 6.69.